The Bertz CT molecular complexity index is 632. The van der Waals surface area contributed by atoms with Gasteiger partial charge < -0.3 is 15.4 Å². The second kappa shape index (κ2) is 8.85. The Hall–Kier alpha value is -2.47. The number of methoxy groups -OCH3 is 1. The summed E-state index contributed by atoms with van der Waals surface area (Å²) in [6, 6.07) is 7.99. The van der Waals surface area contributed by atoms with Gasteiger partial charge in [0.1, 0.15) is 5.82 Å². The third-order valence-electron chi connectivity index (χ3n) is 3.22. The summed E-state index contributed by atoms with van der Waals surface area (Å²) in [6.45, 7) is 1.69. The topological polar surface area (TPSA) is 63.2 Å². The van der Waals surface area contributed by atoms with Crippen molar-refractivity contribution in [3.63, 3.8) is 0 Å². The van der Waals surface area contributed by atoms with Gasteiger partial charge in [-0.25, -0.2) is 4.39 Å². The van der Waals surface area contributed by atoms with Crippen molar-refractivity contribution in [2.75, 3.05) is 25.6 Å². The molecule has 0 aliphatic rings. The summed E-state index contributed by atoms with van der Waals surface area (Å²) in [5, 5.41) is 5.98. The lowest BCUT2D eigenvalue weighted by atomic mass is 10.2. The van der Waals surface area contributed by atoms with E-state index in [9.17, 15) is 9.18 Å². The van der Waals surface area contributed by atoms with Gasteiger partial charge in [0, 0.05) is 39.2 Å². The largest absolute Gasteiger partial charge is 0.385 e. The second-order valence-corrected chi connectivity index (χ2v) is 5.04. The van der Waals surface area contributed by atoms with E-state index in [1.165, 1.54) is 18.3 Å². The summed E-state index contributed by atoms with van der Waals surface area (Å²) in [4.78, 5) is 16.1. The van der Waals surface area contributed by atoms with E-state index in [2.05, 4.69) is 15.6 Å². The van der Waals surface area contributed by atoms with E-state index in [0.717, 1.165) is 17.7 Å². The Morgan fingerprint density at radius 3 is 2.78 bits per heavy atom. The molecule has 0 unspecified atom stereocenters. The first-order valence-electron chi connectivity index (χ1n) is 7.39. The molecule has 1 aromatic heterocycles. The molecule has 5 nitrogen and oxygen atoms in total. The number of amides is 1. The number of carbonyl (C=O) groups excluding carboxylic acids is 1. The summed E-state index contributed by atoms with van der Waals surface area (Å²) >= 11 is 0. The van der Waals surface area contributed by atoms with Gasteiger partial charge in [-0.05, 0) is 30.2 Å². The predicted molar refractivity (Wildman–Crippen MR) is 86.8 cm³/mol. The van der Waals surface area contributed by atoms with Crippen molar-refractivity contribution in [2.45, 2.75) is 13.0 Å². The van der Waals surface area contributed by atoms with Crippen LogP contribution in [0.4, 0.5) is 10.1 Å². The Balaban J connectivity index is 1.88. The van der Waals surface area contributed by atoms with Crippen molar-refractivity contribution < 1.29 is 13.9 Å². The van der Waals surface area contributed by atoms with Crippen molar-refractivity contribution in [3.8, 4) is 0 Å². The molecular formula is C17H20FN3O2. The van der Waals surface area contributed by atoms with Crippen LogP contribution in [0.15, 0.2) is 42.7 Å². The summed E-state index contributed by atoms with van der Waals surface area (Å²) < 4.78 is 17.8. The second-order valence-electron chi connectivity index (χ2n) is 5.04. The summed E-state index contributed by atoms with van der Waals surface area (Å²) in [5.41, 5.74) is 2.17. The molecule has 1 amide bonds. The number of halogens is 1. The molecule has 0 aliphatic heterocycles. The van der Waals surface area contributed by atoms with Crippen LogP contribution in [0.2, 0.25) is 0 Å². The van der Waals surface area contributed by atoms with Crippen LogP contribution < -0.4 is 10.6 Å². The highest BCUT2D eigenvalue weighted by molar-refractivity contribution is 5.94. The fourth-order valence-corrected chi connectivity index (χ4v) is 1.99. The molecule has 0 atom stereocenters. The van der Waals surface area contributed by atoms with Crippen LogP contribution >= 0.6 is 0 Å². The molecule has 1 aromatic carbocycles. The Morgan fingerprint density at radius 2 is 2.04 bits per heavy atom. The van der Waals surface area contributed by atoms with Crippen molar-refractivity contribution >= 4 is 11.6 Å². The van der Waals surface area contributed by atoms with Crippen LogP contribution in [-0.2, 0) is 11.3 Å². The molecule has 0 spiro atoms. The van der Waals surface area contributed by atoms with Crippen molar-refractivity contribution in [1.29, 1.82) is 0 Å². The first-order valence-corrected chi connectivity index (χ1v) is 7.39. The number of hydrogen-bond acceptors (Lipinski definition) is 4. The number of ether oxygens (including phenoxy) is 1. The average Bonchev–Trinajstić information content (AvgIpc) is 2.58. The van der Waals surface area contributed by atoms with Gasteiger partial charge in [0.25, 0.3) is 5.91 Å². The fourth-order valence-electron chi connectivity index (χ4n) is 1.99. The molecule has 2 rings (SSSR count). The van der Waals surface area contributed by atoms with Crippen molar-refractivity contribution in [3.05, 3.63) is 59.7 Å². The van der Waals surface area contributed by atoms with E-state index in [1.807, 2.05) is 0 Å². The van der Waals surface area contributed by atoms with Gasteiger partial charge in [-0.15, -0.1) is 0 Å². The SMILES string of the molecule is COCCCNC(=O)c1cncc(NCc2ccc(F)cc2)c1. The number of carbonyl (C=O) groups is 1. The van der Waals surface area contributed by atoms with Crippen LogP contribution in [0.25, 0.3) is 0 Å². The number of benzene rings is 1. The third-order valence-corrected chi connectivity index (χ3v) is 3.22. The molecule has 23 heavy (non-hydrogen) atoms. The zero-order valence-corrected chi connectivity index (χ0v) is 13.0. The molecule has 2 N–H and O–H groups in total. The zero-order valence-electron chi connectivity index (χ0n) is 13.0. The maximum Gasteiger partial charge on any atom is 0.252 e. The molecule has 0 fully saturated rings. The lowest BCUT2D eigenvalue weighted by molar-refractivity contribution is 0.0948. The van der Waals surface area contributed by atoms with Crippen LogP contribution in [0.3, 0.4) is 0 Å². The van der Waals surface area contributed by atoms with Crippen molar-refractivity contribution in [2.24, 2.45) is 0 Å². The minimum Gasteiger partial charge on any atom is -0.385 e. The van der Waals surface area contributed by atoms with Gasteiger partial charge in [0.05, 0.1) is 11.3 Å². The molecule has 122 valence electrons. The number of nitrogens with zero attached hydrogens (tertiary/aromatic N) is 1. The molecular weight excluding hydrogens is 297 g/mol. The standard InChI is InChI=1S/C17H20FN3O2/c1-23-8-2-7-20-17(22)14-9-16(12-19-11-14)21-10-13-3-5-15(18)6-4-13/h3-6,9,11-12,21H,2,7-8,10H2,1H3,(H,20,22). The Labute approximate surface area is 134 Å². The van der Waals surface area contributed by atoms with Crippen LogP contribution in [0.1, 0.15) is 22.3 Å². The lowest BCUT2D eigenvalue weighted by Crippen LogP contribution is -2.25. The Morgan fingerprint density at radius 1 is 1.26 bits per heavy atom. The van der Waals surface area contributed by atoms with Gasteiger partial charge in [0.2, 0.25) is 0 Å². The normalized spacial score (nSPS) is 10.3. The minimum absolute atomic E-state index is 0.168. The molecule has 0 aliphatic carbocycles. The summed E-state index contributed by atoms with van der Waals surface area (Å²) in [6.07, 6.45) is 3.93. The number of nitrogens with one attached hydrogen (secondary N) is 2. The highest BCUT2D eigenvalue weighted by atomic mass is 19.1. The van der Waals surface area contributed by atoms with Gasteiger partial charge in [0.15, 0.2) is 0 Å². The maximum atomic E-state index is 12.9. The van der Waals surface area contributed by atoms with E-state index < -0.39 is 0 Å². The minimum atomic E-state index is -0.262. The number of hydrogen-bond donors (Lipinski definition) is 2. The van der Waals surface area contributed by atoms with Crippen LogP contribution in [0.5, 0.6) is 0 Å². The summed E-state index contributed by atoms with van der Waals surface area (Å²) in [7, 11) is 1.63. The first-order chi connectivity index (χ1) is 11.2. The summed E-state index contributed by atoms with van der Waals surface area (Å²) in [5.74, 6) is -0.429. The number of rotatable bonds is 8. The number of aromatic nitrogens is 1. The molecule has 1 heterocycles. The lowest BCUT2D eigenvalue weighted by Gasteiger charge is -2.09. The number of pyridine rings is 1. The van der Waals surface area contributed by atoms with E-state index in [1.54, 1.807) is 31.5 Å². The molecule has 0 bridgehead atoms. The van der Waals surface area contributed by atoms with Gasteiger partial charge >= 0.3 is 0 Å². The Kier molecular flexibility index (Phi) is 6.50. The molecule has 2 aromatic rings. The first kappa shape index (κ1) is 16.9. The van der Waals surface area contributed by atoms with Gasteiger partial charge in [-0.3, -0.25) is 9.78 Å². The molecule has 0 radical (unpaired) electrons. The number of anilines is 1. The van der Waals surface area contributed by atoms with E-state index >= 15 is 0 Å². The van der Waals surface area contributed by atoms with Gasteiger partial charge in [-0.2, -0.15) is 0 Å². The quantitative estimate of drug-likeness (QED) is 0.735. The predicted octanol–water partition coefficient (Wildman–Crippen LogP) is 2.60. The zero-order chi connectivity index (χ0) is 16.5. The van der Waals surface area contributed by atoms with Crippen LogP contribution in [0, 0.1) is 5.82 Å². The van der Waals surface area contributed by atoms with E-state index in [4.69, 9.17) is 4.74 Å². The van der Waals surface area contributed by atoms with Gasteiger partial charge in [-0.1, -0.05) is 12.1 Å². The van der Waals surface area contributed by atoms with Crippen LogP contribution in [-0.4, -0.2) is 31.2 Å². The molecule has 0 saturated heterocycles. The smallest absolute Gasteiger partial charge is 0.252 e. The third kappa shape index (κ3) is 5.67. The van der Waals surface area contributed by atoms with Crippen molar-refractivity contribution in [1.82, 2.24) is 10.3 Å². The molecule has 0 saturated carbocycles. The fraction of sp³-hybridized carbons (Fsp3) is 0.294. The average molecular weight is 317 g/mol. The molecule has 6 heteroatoms. The highest BCUT2D eigenvalue weighted by Crippen LogP contribution is 2.11. The van der Waals surface area contributed by atoms with E-state index in [-0.39, 0.29) is 11.7 Å². The highest BCUT2D eigenvalue weighted by Gasteiger charge is 2.06. The van der Waals surface area contributed by atoms with E-state index in [0.29, 0.717) is 25.3 Å². The maximum absolute atomic E-state index is 12.9. The monoisotopic (exact) mass is 317 g/mol.